The maximum absolute atomic E-state index is 12.8. The standard InChI is InChI=1S/C18H22F3N3O.C3H8/c1-17(6-2-14(22)11-17)16(25)24-8-4-12(5-9-24)15-10-13(3-7-23-15)18(19,20)21;1-3-2/h3-4,7,10,14H,2,5-6,8-9,11,22H2,1H3;3H2,1-2H3. The summed E-state index contributed by atoms with van der Waals surface area (Å²) >= 11 is 0. The Balaban J connectivity index is 0.000000878. The predicted molar refractivity (Wildman–Crippen MR) is 104 cm³/mol. The van der Waals surface area contributed by atoms with Gasteiger partial charge in [-0.15, -0.1) is 0 Å². The van der Waals surface area contributed by atoms with Crippen LogP contribution in [0.25, 0.3) is 5.57 Å². The number of amides is 1. The van der Waals surface area contributed by atoms with Gasteiger partial charge in [-0.05, 0) is 43.4 Å². The SMILES string of the molecule is CC1(C(=O)N2CC=C(c3cc(C(F)(F)F)ccn3)CC2)CCC(N)C1.CCC. The zero-order valence-electron chi connectivity index (χ0n) is 16.9. The van der Waals surface area contributed by atoms with Crippen LogP contribution in [0.4, 0.5) is 13.2 Å². The highest BCUT2D eigenvalue weighted by atomic mass is 19.4. The summed E-state index contributed by atoms with van der Waals surface area (Å²) in [4.78, 5) is 18.6. The third kappa shape index (κ3) is 5.34. The molecule has 0 aromatic carbocycles. The third-order valence-electron chi connectivity index (χ3n) is 5.21. The second kappa shape index (κ2) is 9.07. The number of hydrogen-bond acceptors (Lipinski definition) is 3. The first-order valence-electron chi connectivity index (χ1n) is 9.88. The van der Waals surface area contributed by atoms with E-state index in [0.29, 0.717) is 31.6 Å². The van der Waals surface area contributed by atoms with Crippen LogP contribution in [0.5, 0.6) is 0 Å². The van der Waals surface area contributed by atoms with E-state index in [4.69, 9.17) is 5.73 Å². The lowest BCUT2D eigenvalue weighted by atomic mass is 9.86. The van der Waals surface area contributed by atoms with Gasteiger partial charge in [0.2, 0.25) is 5.91 Å². The van der Waals surface area contributed by atoms with Crippen molar-refractivity contribution in [2.45, 2.75) is 65.1 Å². The van der Waals surface area contributed by atoms with E-state index in [1.54, 1.807) is 4.90 Å². The van der Waals surface area contributed by atoms with Crippen molar-refractivity contribution >= 4 is 11.5 Å². The van der Waals surface area contributed by atoms with Gasteiger partial charge in [0.15, 0.2) is 0 Å². The lowest BCUT2D eigenvalue weighted by Gasteiger charge is -2.33. The second-order valence-corrected chi connectivity index (χ2v) is 7.93. The van der Waals surface area contributed by atoms with Crippen LogP contribution in [0.3, 0.4) is 0 Å². The molecule has 7 heteroatoms. The van der Waals surface area contributed by atoms with Crippen molar-refractivity contribution in [2.75, 3.05) is 13.1 Å². The van der Waals surface area contributed by atoms with Crippen molar-refractivity contribution in [3.05, 3.63) is 35.7 Å². The number of rotatable bonds is 2. The van der Waals surface area contributed by atoms with Gasteiger partial charge in [-0.25, -0.2) is 0 Å². The molecule has 1 aromatic heterocycles. The normalized spacial score (nSPS) is 25.0. The largest absolute Gasteiger partial charge is 0.416 e. The number of halogens is 3. The molecule has 2 heterocycles. The third-order valence-corrected chi connectivity index (χ3v) is 5.21. The van der Waals surface area contributed by atoms with E-state index in [9.17, 15) is 18.0 Å². The van der Waals surface area contributed by atoms with Crippen LogP contribution < -0.4 is 5.73 Å². The van der Waals surface area contributed by atoms with Gasteiger partial charge in [0.1, 0.15) is 0 Å². The molecule has 156 valence electrons. The molecule has 2 atom stereocenters. The van der Waals surface area contributed by atoms with E-state index >= 15 is 0 Å². The Kier molecular flexibility index (Phi) is 7.26. The first-order valence-corrected chi connectivity index (χ1v) is 9.88. The Morgan fingerprint density at radius 2 is 2.07 bits per heavy atom. The highest BCUT2D eigenvalue weighted by Gasteiger charge is 2.42. The molecule has 2 aliphatic rings. The molecule has 3 rings (SSSR count). The van der Waals surface area contributed by atoms with E-state index in [1.807, 2.05) is 13.0 Å². The number of nitrogens with zero attached hydrogens (tertiary/aromatic N) is 2. The van der Waals surface area contributed by atoms with Crippen LogP contribution in [-0.4, -0.2) is 34.9 Å². The molecular weight excluding hydrogens is 367 g/mol. The molecule has 2 N–H and O–H groups in total. The van der Waals surface area contributed by atoms with Crippen LogP contribution in [0.2, 0.25) is 0 Å². The molecule has 1 aliphatic carbocycles. The summed E-state index contributed by atoms with van der Waals surface area (Å²) in [6.45, 7) is 7.10. The molecule has 1 aliphatic heterocycles. The average molecular weight is 397 g/mol. The van der Waals surface area contributed by atoms with Crippen LogP contribution in [0.1, 0.15) is 64.1 Å². The molecule has 28 heavy (non-hydrogen) atoms. The Hall–Kier alpha value is -1.89. The summed E-state index contributed by atoms with van der Waals surface area (Å²) in [5.74, 6) is 0.0905. The fourth-order valence-electron chi connectivity index (χ4n) is 3.73. The smallest absolute Gasteiger partial charge is 0.338 e. The lowest BCUT2D eigenvalue weighted by Crippen LogP contribution is -2.43. The molecular formula is C21H30F3N3O. The van der Waals surface area contributed by atoms with Gasteiger partial charge < -0.3 is 10.6 Å². The van der Waals surface area contributed by atoms with E-state index in [-0.39, 0.29) is 11.9 Å². The molecule has 0 bridgehead atoms. The topological polar surface area (TPSA) is 59.2 Å². The van der Waals surface area contributed by atoms with Gasteiger partial charge in [-0.2, -0.15) is 13.2 Å². The van der Waals surface area contributed by atoms with Crippen molar-refractivity contribution in [1.82, 2.24) is 9.88 Å². The van der Waals surface area contributed by atoms with E-state index < -0.39 is 17.2 Å². The van der Waals surface area contributed by atoms with E-state index in [0.717, 1.165) is 30.5 Å². The summed E-state index contributed by atoms with van der Waals surface area (Å²) < 4.78 is 38.5. The Morgan fingerprint density at radius 1 is 1.39 bits per heavy atom. The number of alkyl halides is 3. The Morgan fingerprint density at radius 3 is 2.57 bits per heavy atom. The van der Waals surface area contributed by atoms with Gasteiger partial charge in [0.05, 0.1) is 11.3 Å². The first kappa shape index (κ1) is 22.4. The van der Waals surface area contributed by atoms with Crippen molar-refractivity contribution in [3.63, 3.8) is 0 Å². The Bertz CT molecular complexity index is 717. The van der Waals surface area contributed by atoms with Gasteiger partial charge in [-0.1, -0.05) is 33.3 Å². The molecule has 1 aromatic rings. The molecule has 0 spiro atoms. The highest BCUT2D eigenvalue weighted by molar-refractivity contribution is 5.84. The number of carbonyl (C=O) groups excluding carboxylic acids is 1. The number of hydrogen-bond donors (Lipinski definition) is 1. The number of carbonyl (C=O) groups is 1. The maximum atomic E-state index is 12.8. The second-order valence-electron chi connectivity index (χ2n) is 7.93. The number of aromatic nitrogens is 1. The van der Waals surface area contributed by atoms with Crippen molar-refractivity contribution < 1.29 is 18.0 Å². The molecule has 2 unspecified atom stereocenters. The summed E-state index contributed by atoms with van der Waals surface area (Å²) in [6.07, 6.45) is 2.68. The van der Waals surface area contributed by atoms with E-state index in [1.165, 1.54) is 12.6 Å². The molecule has 4 nitrogen and oxygen atoms in total. The zero-order valence-corrected chi connectivity index (χ0v) is 16.9. The van der Waals surface area contributed by atoms with Gasteiger partial charge in [0, 0.05) is 30.7 Å². The highest BCUT2D eigenvalue weighted by Crippen LogP contribution is 2.39. The molecule has 0 saturated heterocycles. The first-order chi connectivity index (χ1) is 13.1. The minimum Gasteiger partial charge on any atom is -0.338 e. The molecule has 0 radical (unpaired) electrons. The van der Waals surface area contributed by atoms with Crippen LogP contribution in [0.15, 0.2) is 24.4 Å². The van der Waals surface area contributed by atoms with Crippen molar-refractivity contribution in [2.24, 2.45) is 11.1 Å². The summed E-state index contributed by atoms with van der Waals surface area (Å²) in [7, 11) is 0. The van der Waals surface area contributed by atoms with Gasteiger partial charge in [-0.3, -0.25) is 9.78 Å². The van der Waals surface area contributed by atoms with Gasteiger partial charge >= 0.3 is 6.18 Å². The van der Waals surface area contributed by atoms with Crippen molar-refractivity contribution in [1.29, 1.82) is 0 Å². The summed E-state index contributed by atoms with van der Waals surface area (Å²) in [5.41, 5.74) is 5.90. The van der Waals surface area contributed by atoms with Crippen LogP contribution in [0, 0.1) is 5.41 Å². The fraction of sp³-hybridized carbons (Fsp3) is 0.619. The Labute approximate surface area is 165 Å². The molecule has 1 amide bonds. The predicted octanol–water partition coefficient (Wildman–Crippen LogP) is 4.65. The lowest BCUT2D eigenvalue weighted by molar-refractivity contribution is -0.140. The number of nitrogens with two attached hydrogens (primary N) is 1. The summed E-state index contributed by atoms with van der Waals surface area (Å²) in [5, 5.41) is 0. The average Bonchev–Trinajstić information content (AvgIpc) is 3.01. The van der Waals surface area contributed by atoms with E-state index in [2.05, 4.69) is 18.8 Å². The minimum absolute atomic E-state index is 0.0687. The monoisotopic (exact) mass is 397 g/mol. The quantitative estimate of drug-likeness (QED) is 0.790. The fourth-order valence-corrected chi connectivity index (χ4v) is 3.73. The van der Waals surface area contributed by atoms with Crippen molar-refractivity contribution in [3.8, 4) is 0 Å². The van der Waals surface area contributed by atoms with Crippen LogP contribution >= 0.6 is 0 Å². The maximum Gasteiger partial charge on any atom is 0.416 e. The number of pyridine rings is 1. The van der Waals surface area contributed by atoms with Gasteiger partial charge in [0.25, 0.3) is 0 Å². The summed E-state index contributed by atoms with van der Waals surface area (Å²) in [6, 6.07) is 2.10. The van der Waals surface area contributed by atoms with Crippen LogP contribution in [-0.2, 0) is 11.0 Å². The minimum atomic E-state index is -4.38. The zero-order chi connectivity index (χ0) is 20.9. The molecule has 1 fully saturated rings. The molecule has 1 saturated carbocycles.